The van der Waals surface area contributed by atoms with Gasteiger partial charge in [-0.2, -0.15) is 0 Å². The molecule has 0 N–H and O–H groups in total. The van der Waals surface area contributed by atoms with Crippen molar-refractivity contribution < 1.29 is 0 Å². The Morgan fingerprint density at radius 1 is 1.13 bits per heavy atom. The molecule has 0 rings (SSSR count). The van der Waals surface area contributed by atoms with Crippen LogP contribution in [0.2, 0.25) is 19.0 Å². The molecule has 0 aromatic rings. The normalized spacial score (nSPS) is 13.9. The standard InChI is InChI=1S/C6H11B9/c1-2-6(3-12-7,4-14(9)10)5-15(11)13-8/h2-5H2,1H3. The molecule has 0 spiro atoms. The summed E-state index contributed by atoms with van der Waals surface area (Å²) < 4.78 is 0. The minimum Gasteiger partial charge on any atom is -0.0861 e. The van der Waals surface area contributed by atoms with E-state index in [0.717, 1.165) is 19.1 Å². The quantitative estimate of drug-likeness (QED) is 0.414. The Hall–Kier alpha value is 0.584. The fourth-order valence-corrected chi connectivity index (χ4v) is 2.00. The molecule has 12 radical (unpaired) electrons. The second-order valence-electron chi connectivity index (χ2n) is 4.22. The Morgan fingerprint density at radius 3 is 2.07 bits per heavy atom. The van der Waals surface area contributed by atoms with Crippen LogP contribution < -0.4 is 0 Å². The highest BCUT2D eigenvalue weighted by Gasteiger charge is 2.29. The largest absolute Gasteiger partial charge is 0.0861 e. The molecule has 0 saturated carbocycles. The molecule has 62 valence electrons. The molecule has 0 nitrogen and oxygen atoms in total. The molecule has 0 fully saturated rings. The first-order valence-corrected chi connectivity index (χ1v) is 5.35. The summed E-state index contributed by atoms with van der Waals surface area (Å²) in [5, 5.41) is 0. The maximum absolute atomic E-state index is 5.82. The molecular formula is C6H11B9. The van der Waals surface area contributed by atoms with Crippen LogP contribution in [0.4, 0.5) is 0 Å². The fraction of sp³-hybridized carbons (Fsp3) is 1.00. The van der Waals surface area contributed by atoms with Crippen molar-refractivity contribution in [3.8, 4) is 0 Å². The van der Waals surface area contributed by atoms with Gasteiger partial charge in [0.05, 0.1) is 7.17 Å². The summed E-state index contributed by atoms with van der Waals surface area (Å²) in [5.74, 6) is 0. The van der Waals surface area contributed by atoms with Crippen LogP contribution in [0.3, 0.4) is 0 Å². The molecular weight excluding hydrogens is 169 g/mol. The third-order valence-corrected chi connectivity index (χ3v) is 2.89. The van der Waals surface area contributed by atoms with E-state index < -0.39 is 0 Å². The third kappa shape index (κ3) is 6.02. The smallest absolute Gasteiger partial charge is 0.0551 e. The van der Waals surface area contributed by atoms with Crippen molar-refractivity contribution >= 4 is 65.9 Å². The van der Waals surface area contributed by atoms with Crippen LogP contribution in [-0.4, -0.2) is 65.9 Å². The van der Waals surface area contributed by atoms with Crippen LogP contribution in [0.25, 0.3) is 0 Å². The van der Waals surface area contributed by atoms with Crippen LogP contribution in [0, 0.1) is 5.41 Å². The van der Waals surface area contributed by atoms with Gasteiger partial charge in [-0.15, -0.1) is 0 Å². The SMILES string of the molecule is [B][B]CC(CC)(CB([B])[B])CB([B])[B][B]. The first-order chi connectivity index (χ1) is 6.99. The Balaban J connectivity index is 4.48. The minimum absolute atomic E-state index is 0.0296. The summed E-state index contributed by atoms with van der Waals surface area (Å²) >= 11 is 0. The monoisotopic (exact) mass is 182 g/mol. The van der Waals surface area contributed by atoms with Gasteiger partial charge in [0.15, 0.2) is 0 Å². The molecule has 0 aliphatic heterocycles. The summed E-state index contributed by atoms with van der Waals surface area (Å²) in [5.41, 5.74) is -0.0296. The van der Waals surface area contributed by atoms with E-state index in [0.29, 0.717) is 6.32 Å². The highest BCUT2D eigenvalue weighted by Crippen LogP contribution is 2.37. The van der Waals surface area contributed by atoms with Crippen LogP contribution in [0.15, 0.2) is 0 Å². The summed E-state index contributed by atoms with van der Waals surface area (Å²) in [6.07, 6.45) is 3.17. The van der Waals surface area contributed by atoms with Gasteiger partial charge in [0, 0.05) is 58.7 Å². The van der Waals surface area contributed by atoms with E-state index in [-0.39, 0.29) is 18.4 Å². The summed E-state index contributed by atoms with van der Waals surface area (Å²) in [6.45, 7) is 1.62. The predicted molar refractivity (Wildman–Crippen MR) is 78.9 cm³/mol. The van der Waals surface area contributed by atoms with Crippen LogP contribution in [-0.2, 0) is 0 Å². The fourth-order valence-electron chi connectivity index (χ4n) is 2.00. The highest BCUT2D eigenvalue weighted by atomic mass is 14.2. The zero-order chi connectivity index (χ0) is 11.9. The molecule has 15 heavy (non-hydrogen) atoms. The highest BCUT2D eigenvalue weighted by molar-refractivity contribution is 7.46. The lowest BCUT2D eigenvalue weighted by atomic mass is 9.02. The number of hydrogen-bond acceptors (Lipinski definition) is 0. The van der Waals surface area contributed by atoms with Crippen molar-refractivity contribution in [1.82, 2.24) is 0 Å². The molecule has 0 aromatic carbocycles. The molecule has 0 aliphatic rings. The third-order valence-electron chi connectivity index (χ3n) is 2.89. The lowest BCUT2D eigenvalue weighted by molar-refractivity contribution is 0.395. The Bertz CT molecular complexity index is 163. The van der Waals surface area contributed by atoms with Gasteiger partial charge < -0.3 is 0 Å². The molecule has 1 atom stereocenters. The first-order valence-electron chi connectivity index (χ1n) is 5.35. The van der Waals surface area contributed by atoms with E-state index in [9.17, 15) is 0 Å². The van der Waals surface area contributed by atoms with Crippen molar-refractivity contribution in [1.29, 1.82) is 0 Å². The maximum Gasteiger partial charge on any atom is 0.0551 e. The van der Waals surface area contributed by atoms with Gasteiger partial charge in [-0.25, -0.2) is 0 Å². The van der Waals surface area contributed by atoms with Gasteiger partial charge in [-0.05, 0) is 0 Å². The maximum atomic E-state index is 5.82. The zero-order valence-corrected chi connectivity index (χ0v) is 9.52. The first kappa shape index (κ1) is 15.6. The van der Waals surface area contributed by atoms with Crippen molar-refractivity contribution in [2.45, 2.75) is 32.3 Å². The van der Waals surface area contributed by atoms with Gasteiger partial charge in [0.2, 0.25) is 0 Å². The Kier molecular flexibility index (Phi) is 8.10. The van der Waals surface area contributed by atoms with Gasteiger partial charge in [-0.3, -0.25) is 0 Å². The lowest BCUT2D eigenvalue weighted by Gasteiger charge is -2.37. The second kappa shape index (κ2) is 7.79. The zero-order valence-electron chi connectivity index (χ0n) is 9.52. The molecule has 0 saturated heterocycles. The van der Waals surface area contributed by atoms with Crippen molar-refractivity contribution in [3.63, 3.8) is 0 Å². The molecule has 0 aliphatic carbocycles. The molecule has 0 amide bonds. The van der Waals surface area contributed by atoms with Crippen LogP contribution >= 0.6 is 0 Å². The minimum atomic E-state index is -0.338. The molecule has 0 bridgehead atoms. The van der Waals surface area contributed by atoms with E-state index in [4.69, 9.17) is 38.7 Å². The average Bonchev–Trinajstić information content (AvgIpc) is 2.16. The van der Waals surface area contributed by atoms with E-state index in [1.54, 1.807) is 7.17 Å². The van der Waals surface area contributed by atoms with Gasteiger partial charge in [-0.1, -0.05) is 37.7 Å². The molecule has 1 unspecified atom stereocenters. The van der Waals surface area contributed by atoms with Gasteiger partial charge in [0.1, 0.15) is 0 Å². The summed E-state index contributed by atoms with van der Waals surface area (Å²) in [7, 11) is 31.2. The topological polar surface area (TPSA) is 0 Å². The van der Waals surface area contributed by atoms with Gasteiger partial charge >= 0.3 is 0 Å². The van der Waals surface area contributed by atoms with Crippen LogP contribution in [0.1, 0.15) is 13.3 Å². The van der Waals surface area contributed by atoms with E-state index >= 15 is 0 Å². The number of rotatable bonds is 8. The second-order valence-corrected chi connectivity index (χ2v) is 4.22. The van der Waals surface area contributed by atoms with Crippen molar-refractivity contribution in [2.75, 3.05) is 0 Å². The molecule has 9 heteroatoms. The molecule has 0 heterocycles. The Labute approximate surface area is 104 Å². The van der Waals surface area contributed by atoms with E-state index in [2.05, 4.69) is 6.92 Å². The van der Waals surface area contributed by atoms with E-state index in [1.165, 1.54) is 7.06 Å². The summed E-state index contributed by atoms with van der Waals surface area (Å²) in [4.78, 5) is 0. The van der Waals surface area contributed by atoms with E-state index in [1.807, 2.05) is 0 Å². The van der Waals surface area contributed by atoms with Gasteiger partial charge in [0.25, 0.3) is 0 Å². The van der Waals surface area contributed by atoms with Crippen LogP contribution in [0.5, 0.6) is 0 Å². The Morgan fingerprint density at radius 2 is 1.73 bits per heavy atom. The average molecular weight is 180 g/mol. The van der Waals surface area contributed by atoms with Crippen molar-refractivity contribution in [3.05, 3.63) is 0 Å². The number of hydrogen-bond donors (Lipinski definition) is 0. The van der Waals surface area contributed by atoms with Crippen molar-refractivity contribution in [2.24, 2.45) is 5.41 Å². The predicted octanol–water partition coefficient (Wildman–Crippen LogP) is -1.14. The lowest BCUT2D eigenvalue weighted by Crippen LogP contribution is -2.37. The molecule has 0 aromatic heterocycles. The summed E-state index contributed by atoms with van der Waals surface area (Å²) in [6, 6.07) is 0.